The van der Waals surface area contributed by atoms with E-state index in [2.05, 4.69) is 15.9 Å². The number of rotatable bonds is 4. The minimum atomic E-state index is -1.00. The van der Waals surface area contributed by atoms with Gasteiger partial charge in [-0.2, -0.15) is 0 Å². The highest BCUT2D eigenvalue weighted by molar-refractivity contribution is 9.10. The molecule has 0 spiro atoms. The van der Waals surface area contributed by atoms with E-state index < -0.39 is 11.6 Å². The molecule has 1 fully saturated rings. The molecule has 0 saturated carbocycles. The maximum atomic E-state index is 12.1. The van der Waals surface area contributed by atoms with Crippen LogP contribution in [0.2, 0.25) is 0 Å². The number of carbonyl (C=O) groups is 2. The summed E-state index contributed by atoms with van der Waals surface area (Å²) in [5.41, 5.74) is 0.0622. The van der Waals surface area contributed by atoms with Crippen molar-refractivity contribution in [3.05, 3.63) is 34.3 Å². The molecular weight excluding hydrogens is 314 g/mol. The molecule has 102 valence electrons. The van der Waals surface area contributed by atoms with Crippen molar-refractivity contribution in [1.82, 2.24) is 4.90 Å². The topological polar surface area (TPSA) is 66.8 Å². The Bertz CT molecular complexity index is 494. The van der Waals surface area contributed by atoms with Crippen LogP contribution in [0.1, 0.15) is 17.3 Å². The van der Waals surface area contributed by atoms with E-state index in [0.29, 0.717) is 18.7 Å². The largest absolute Gasteiger partial charge is 0.480 e. The highest BCUT2D eigenvalue weighted by Crippen LogP contribution is 2.26. The Balaban J connectivity index is 1.91. The van der Waals surface area contributed by atoms with E-state index in [1.807, 2.05) is 12.1 Å². The molecule has 0 radical (unpaired) electrons. The van der Waals surface area contributed by atoms with E-state index in [9.17, 15) is 9.59 Å². The lowest BCUT2D eigenvalue weighted by atomic mass is 9.95. The van der Waals surface area contributed by atoms with Gasteiger partial charge in [-0.05, 0) is 31.2 Å². The minimum Gasteiger partial charge on any atom is -0.480 e. The molecule has 1 saturated heterocycles. The number of amides is 1. The van der Waals surface area contributed by atoms with E-state index in [1.165, 1.54) is 0 Å². The lowest BCUT2D eigenvalue weighted by Crippen LogP contribution is -2.63. The Morgan fingerprint density at radius 1 is 1.37 bits per heavy atom. The number of ether oxygens (including phenoxy) is 1. The molecule has 1 N–H and O–H groups in total. The molecule has 6 heteroatoms. The molecule has 0 aromatic heterocycles. The van der Waals surface area contributed by atoms with Crippen molar-refractivity contribution >= 4 is 27.8 Å². The molecule has 1 aromatic rings. The summed E-state index contributed by atoms with van der Waals surface area (Å²) in [6.07, 6.45) is 0. The molecule has 1 amide bonds. The van der Waals surface area contributed by atoms with E-state index in [-0.39, 0.29) is 12.5 Å². The second-order valence-electron chi connectivity index (χ2n) is 4.80. The molecular formula is C13H14BrNO4. The van der Waals surface area contributed by atoms with Crippen molar-refractivity contribution < 1.29 is 19.4 Å². The third kappa shape index (κ3) is 3.33. The summed E-state index contributed by atoms with van der Waals surface area (Å²) in [6.45, 7) is 2.29. The number of halogens is 1. The first-order valence-corrected chi connectivity index (χ1v) is 6.59. The Morgan fingerprint density at radius 2 is 1.95 bits per heavy atom. The quantitative estimate of drug-likeness (QED) is 0.915. The molecule has 2 rings (SSSR count). The summed E-state index contributed by atoms with van der Waals surface area (Å²) in [5, 5.41) is 8.57. The van der Waals surface area contributed by atoms with Gasteiger partial charge in [0.15, 0.2) is 0 Å². The van der Waals surface area contributed by atoms with Gasteiger partial charge in [0.25, 0.3) is 5.91 Å². The predicted octanol–water partition coefficient (Wildman–Crippen LogP) is 1.76. The second-order valence-corrected chi connectivity index (χ2v) is 5.72. The number of carbonyl (C=O) groups excluding carboxylic acids is 1. The first-order valence-electron chi connectivity index (χ1n) is 5.80. The van der Waals surface area contributed by atoms with Gasteiger partial charge in [-0.25, -0.2) is 4.79 Å². The van der Waals surface area contributed by atoms with E-state index in [4.69, 9.17) is 9.84 Å². The highest BCUT2D eigenvalue weighted by atomic mass is 79.9. The summed E-state index contributed by atoms with van der Waals surface area (Å²) in [5.74, 6) is -1.07. The molecule has 0 bridgehead atoms. The zero-order chi connectivity index (χ0) is 14.0. The highest BCUT2D eigenvalue weighted by Gasteiger charge is 2.42. The number of carboxylic acid groups (broad SMARTS) is 1. The lowest BCUT2D eigenvalue weighted by Gasteiger charge is -2.47. The van der Waals surface area contributed by atoms with Gasteiger partial charge in [-0.15, -0.1) is 0 Å². The minimum absolute atomic E-state index is 0.0658. The van der Waals surface area contributed by atoms with Gasteiger partial charge in [0.2, 0.25) is 0 Å². The van der Waals surface area contributed by atoms with Gasteiger partial charge in [-0.1, -0.05) is 15.9 Å². The smallest absolute Gasteiger partial charge is 0.329 e. The van der Waals surface area contributed by atoms with Crippen molar-refractivity contribution in [1.29, 1.82) is 0 Å². The molecule has 5 nitrogen and oxygen atoms in total. The van der Waals surface area contributed by atoms with Crippen LogP contribution in [0.3, 0.4) is 0 Å². The number of carboxylic acids is 1. The Labute approximate surface area is 119 Å². The SMILES string of the molecule is CC1(OCC(=O)O)CN(C(=O)c2ccc(Br)cc2)C1. The van der Waals surface area contributed by atoms with E-state index in [0.717, 1.165) is 4.47 Å². The van der Waals surface area contributed by atoms with Crippen molar-refractivity contribution in [2.75, 3.05) is 19.7 Å². The molecule has 0 atom stereocenters. The molecule has 0 unspecified atom stereocenters. The van der Waals surface area contributed by atoms with Crippen molar-refractivity contribution in [3.63, 3.8) is 0 Å². The average Bonchev–Trinajstić information content (AvgIpc) is 2.33. The number of hydrogen-bond acceptors (Lipinski definition) is 3. The van der Waals surface area contributed by atoms with Crippen LogP contribution in [-0.2, 0) is 9.53 Å². The van der Waals surface area contributed by atoms with Crippen molar-refractivity contribution in [3.8, 4) is 0 Å². The summed E-state index contributed by atoms with van der Waals surface area (Å²) in [7, 11) is 0. The predicted molar refractivity (Wildman–Crippen MR) is 72.0 cm³/mol. The Kier molecular flexibility index (Phi) is 3.91. The molecule has 1 aliphatic rings. The fourth-order valence-electron chi connectivity index (χ4n) is 2.01. The van der Waals surface area contributed by atoms with Crippen LogP contribution in [0.5, 0.6) is 0 Å². The zero-order valence-corrected chi connectivity index (χ0v) is 12.0. The first kappa shape index (κ1) is 14.0. The monoisotopic (exact) mass is 327 g/mol. The molecule has 1 aliphatic heterocycles. The van der Waals surface area contributed by atoms with Crippen LogP contribution in [0.15, 0.2) is 28.7 Å². The maximum absolute atomic E-state index is 12.1. The molecule has 1 heterocycles. The van der Waals surface area contributed by atoms with E-state index >= 15 is 0 Å². The number of nitrogens with zero attached hydrogens (tertiary/aromatic N) is 1. The molecule has 1 aromatic carbocycles. The van der Waals surface area contributed by atoms with Crippen LogP contribution in [0.25, 0.3) is 0 Å². The summed E-state index contributed by atoms with van der Waals surface area (Å²) in [4.78, 5) is 24.2. The summed E-state index contributed by atoms with van der Waals surface area (Å²) >= 11 is 3.31. The van der Waals surface area contributed by atoms with Gasteiger partial charge in [0.1, 0.15) is 12.2 Å². The normalized spacial score (nSPS) is 16.8. The first-order chi connectivity index (χ1) is 8.89. The van der Waals surface area contributed by atoms with Crippen molar-refractivity contribution in [2.45, 2.75) is 12.5 Å². The number of hydrogen-bond donors (Lipinski definition) is 1. The molecule has 0 aliphatic carbocycles. The van der Waals surface area contributed by atoms with Gasteiger partial charge >= 0.3 is 5.97 Å². The van der Waals surface area contributed by atoms with Gasteiger partial charge in [0, 0.05) is 10.0 Å². The zero-order valence-electron chi connectivity index (χ0n) is 10.4. The lowest BCUT2D eigenvalue weighted by molar-refractivity contribution is -0.159. The van der Waals surface area contributed by atoms with Crippen LogP contribution in [0.4, 0.5) is 0 Å². The fourth-order valence-corrected chi connectivity index (χ4v) is 2.27. The van der Waals surface area contributed by atoms with E-state index in [1.54, 1.807) is 24.0 Å². The summed E-state index contributed by atoms with van der Waals surface area (Å²) in [6, 6.07) is 7.13. The third-order valence-electron chi connectivity index (χ3n) is 2.97. The van der Waals surface area contributed by atoms with Crippen LogP contribution in [0, 0.1) is 0 Å². The van der Waals surface area contributed by atoms with Gasteiger partial charge < -0.3 is 14.7 Å². The van der Waals surface area contributed by atoms with Crippen LogP contribution >= 0.6 is 15.9 Å². The number of benzene rings is 1. The number of aliphatic carboxylic acids is 1. The Morgan fingerprint density at radius 3 is 2.47 bits per heavy atom. The second kappa shape index (κ2) is 5.30. The van der Waals surface area contributed by atoms with Crippen molar-refractivity contribution in [2.24, 2.45) is 0 Å². The third-order valence-corrected chi connectivity index (χ3v) is 3.50. The van der Waals surface area contributed by atoms with Crippen LogP contribution < -0.4 is 0 Å². The number of likely N-dealkylation sites (tertiary alicyclic amines) is 1. The standard InChI is InChI=1S/C13H14BrNO4/c1-13(19-6-11(16)17)7-15(8-13)12(18)9-2-4-10(14)5-3-9/h2-5H,6-8H2,1H3,(H,16,17). The molecule has 19 heavy (non-hydrogen) atoms. The van der Waals surface area contributed by atoms with Gasteiger partial charge in [-0.3, -0.25) is 4.79 Å². The summed E-state index contributed by atoms with van der Waals surface area (Å²) < 4.78 is 6.18. The van der Waals surface area contributed by atoms with Crippen LogP contribution in [-0.4, -0.2) is 47.2 Å². The fraction of sp³-hybridized carbons (Fsp3) is 0.385. The maximum Gasteiger partial charge on any atom is 0.329 e. The van der Waals surface area contributed by atoms with Gasteiger partial charge in [0.05, 0.1) is 13.1 Å². The average molecular weight is 328 g/mol. The Hall–Kier alpha value is -1.40.